The van der Waals surface area contributed by atoms with Gasteiger partial charge in [0, 0.05) is 12.1 Å². The van der Waals surface area contributed by atoms with Crippen molar-refractivity contribution in [1.29, 1.82) is 0 Å². The highest BCUT2D eigenvalue weighted by Crippen LogP contribution is 2.57. The summed E-state index contributed by atoms with van der Waals surface area (Å²) in [6, 6.07) is 22.5. The van der Waals surface area contributed by atoms with Crippen molar-refractivity contribution >= 4 is 11.4 Å². The SMILES string of the molecule is O=[N+]([O-])c1cc(O)cc(C2(c3cc(O)cc([N+](=O)[O-])c3)c3ccccc3-c3ccccc32)c1. The average Bonchev–Trinajstić information content (AvgIpc) is 3.09. The van der Waals surface area contributed by atoms with E-state index in [2.05, 4.69) is 0 Å². The lowest BCUT2D eigenvalue weighted by molar-refractivity contribution is -0.385. The molecular formula is C25H16N2O6. The van der Waals surface area contributed by atoms with Crippen LogP contribution in [0, 0.1) is 20.2 Å². The molecular weight excluding hydrogens is 424 g/mol. The molecule has 0 fully saturated rings. The normalized spacial score (nSPS) is 13.2. The zero-order valence-corrected chi connectivity index (χ0v) is 17.0. The second kappa shape index (κ2) is 7.16. The Morgan fingerprint density at radius 1 is 0.606 bits per heavy atom. The van der Waals surface area contributed by atoms with Crippen LogP contribution < -0.4 is 0 Å². The van der Waals surface area contributed by atoms with Gasteiger partial charge in [0.05, 0.1) is 27.4 Å². The molecule has 2 N–H and O–H groups in total. The summed E-state index contributed by atoms with van der Waals surface area (Å²) in [6.45, 7) is 0. The largest absolute Gasteiger partial charge is 0.508 e. The Hall–Kier alpha value is -4.72. The maximum absolute atomic E-state index is 11.6. The van der Waals surface area contributed by atoms with Crippen molar-refractivity contribution in [2.24, 2.45) is 0 Å². The lowest BCUT2D eigenvalue weighted by Gasteiger charge is -2.33. The first-order chi connectivity index (χ1) is 15.8. The Labute approximate surface area is 187 Å². The number of rotatable bonds is 4. The van der Waals surface area contributed by atoms with Gasteiger partial charge in [0.25, 0.3) is 11.4 Å². The van der Waals surface area contributed by atoms with E-state index in [-0.39, 0.29) is 22.9 Å². The van der Waals surface area contributed by atoms with Crippen LogP contribution in [0.3, 0.4) is 0 Å². The van der Waals surface area contributed by atoms with E-state index in [4.69, 9.17) is 0 Å². The number of phenols is 2. The fourth-order valence-corrected chi connectivity index (χ4v) is 4.86. The van der Waals surface area contributed by atoms with Crippen LogP contribution in [0.25, 0.3) is 11.1 Å². The summed E-state index contributed by atoms with van der Waals surface area (Å²) < 4.78 is 0. The first kappa shape index (κ1) is 20.2. The van der Waals surface area contributed by atoms with Gasteiger partial charge in [-0.25, -0.2) is 0 Å². The number of phenolic OH excluding ortho intramolecular Hbond substituents is 2. The second-order valence-corrected chi connectivity index (χ2v) is 7.83. The molecule has 5 rings (SSSR count). The third-order valence-corrected chi connectivity index (χ3v) is 6.05. The molecule has 0 spiro atoms. The molecule has 0 heterocycles. The van der Waals surface area contributed by atoms with Crippen molar-refractivity contribution < 1.29 is 20.1 Å². The van der Waals surface area contributed by atoms with Crippen LogP contribution in [0.5, 0.6) is 11.5 Å². The van der Waals surface area contributed by atoms with Gasteiger partial charge in [0.15, 0.2) is 0 Å². The van der Waals surface area contributed by atoms with Gasteiger partial charge < -0.3 is 10.2 Å². The molecule has 4 aromatic carbocycles. The van der Waals surface area contributed by atoms with Gasteiger partial charge in [-0.3, -0.25) is 20.2 Å². The minimum Gasteiger partial charge on any atom is -0.508 e. The van der Waals surface area contributed by atoms with Gasteiger partial charge in [-0.2, -0.15) is 0 Å². The van der Waals surface area contributed by atoms with Crippen LogP contribution in [0.1, 0.15) is 22.3 Å². The Morgan fingerprint density at radius 2 is 1.00 bits per heavy atom. The lowest BCUT2D eigenvalue weighted by Crippen LogP contribution is -2.28. The third kappa shape index (κ3) is 2.92. The third-order valence-electron chi connectivity index (χ3n) is 6.05. The minimum absolute atomic E-state index is 0.310. The second-order valence-electron chi connectivity index (χ2n) is 7.83. The fraction of sp³-hybridized carbons (Fsp3) is 0.0400. The summed E-state index contributed by atoms with van der Waals surface area (Å²) in [5, 5.41) is 44.0. The van der Waals surface area contributed by atoms with E-state index < -0.39 is 15.3 Å². The van der Waals surface area contributed by atoms with Crippen molar-refractivity contribution in [3.05, 3.63) is 127 Å². The maximum Gasteiger partial charge on any atom is 0.273 e. The highest BCUT2D eigenvalue weighted by molar-refractivity contribution is 5.86. The van der Waals surface area contributed by atoms with Gasteiger partial charge >= 0.3 is 0 Å². The van der Waals surface area contributed by atoms with Crippen molar-refractivity contribution in [2.75, 3.05) is 0 Å². The van der Waals surface area contributed by atoms with E-state index in [0.717, 1.165) is 34.4 Å². The molecule has 0 unspecified atom stereocenters. The molecule has 0 aromatic heterocycles. The molecule has 1 aliphatic carbocycles. The summed E-state index contributed by atoms with van der Waals surface area (Å²) in [5.74, 6) is -0.620. The molecule has 0 amide bonds. The van der Waals surface area contributed by atoms with E-state index in [0.29, 0.717) is 11.1 Å². The number of nitro benzene ring substituents is 2. The van der Waals surface area contributed by atoms with Crippen molar-refractivity contribution in [2.45, 2.75) is 5.41 Å². The molecule has 8 heteroatoms. The standard InChI is InChI=1S/C25H16N2O6/c28-19-11-15(9-17(13-19)26(30)31)25(16-10-18(27(32)33)14-20(29)12-16)23-7-3-1-5-21(23)22-6-2-4-8-24(22)25/h1-14,28-29H. The molecule has 0 saturated heterocycles. The molecule has 162 valence electrons. The first-order valence-corrected chi connectivity index (χ1v) is 9.99. The predicted octanol–water partition coefficient (Wildman–Crippen LogP) is 5.28. The zero-order chi connectivity index (χ0) is 23.3. The Kier molecular flexibility index (Phi) is 4.39. The van der Waals surface area contributed by atoms with E-state index in [1.807, 2.05) is 48.5 Å². The number of hydrogen-bond donors (Lipinski definition) is 2. The Bertz CT molecular complexity index is 1350. The smallest absolute Gasteiger partial charge is 0.273 e. The molecule has 0 radical (unpaired) electrons. The number of aromatic hydroxyl groups is 2. The Balaban J connectivity index is 1.99. The van der Waals surface area contributed by atoms with E-state index >= 15 is 0 Å². The van der Waals surface area contributed by atoms with Gasteiger partial charge in [0.1, 0.15) is 11.5 Å². The van der Waals surface area contributed by atoms with Gasteiger partial charge in [-0.1, -0.05) is 48.5 Å². The number of benzene rings is 4. The monoisotopic (exact) mass is 440 g/mol. The lowest BCUT2D eigenvalue weighted by atomic mass is 9.67. The topological polar surface area (TPSA) is 127 Å². The molecule has 33 heavy (non-hydrogen) atoms. The van der Waals surface area contributed by atoms with Crippen LogP contribution in [0.15, 0.2) is 84.9 Å². The first-order valence-electron chi connectivity index (χ1n) is 9.99. The zero-order valence-electron chi connectivity index (χ0n) is 17.0. The summed E-state index contributed by atoms with van der Waals surface area (Å²) in [6.07, 6.45) is 0. The quantitative estimate of drug-likeness (QED) is 0.289. The predicted molar refractivity (Wildman–Crippen MR) is 120 cm³/mol. The van der Waals surface area contributed by atoms with Gasteiger partial charge in [-0.05, 0) is 45.5 Å². The number of nitro groups is 2. The highest BCUT2D eigenvalue weighted by Gasteiger charge is 2.47. The number of fused-ring (bicyclic) bond motifs is 3. The van der Waals surface area contributed by atoms with Crippen molar-refractivity contribution in [3.8, 4) is 22.6 Å². The highest BCUT2D eigenvalue weighted by atomic mass is 16.6. The van der Waals surface area contributed by atoms with Crippen LogP contribution >= 0.6 is 0 Å². The maximum atomic E-state index is 11.6. The Morgan fingerprint density at radius 3 is 1.39 bits per heavy atom. The number of hydrogen-bond acceptors (Lipinski definition) is 6. The molecule has 8 nitrogen and oxygen atoms in total. The molecule has 0 saturated carbocycles. The van der Waals surface area contributed by atoms with Gasteiger partial charge in [-0.15, -0.1) is 0 Å². The molecule has 1 aliphatic rings. The molecule has 0 aliphatic heterocycles. The summed E-state index contributed by atoms with van der Waals surface area (Å²) in [7, 11) is 0. The molecule has 0 bridgehead atoms. The van der Waals surface area contributed by atoms with Crippen LogP contribution in [-0.4, -0.2) is 20.1 Å². The van der Waals surface area contributed by atoms with Crippen LogP contribution in [0.2, 0.25) is 0 Å². The van der Waals surface area contributed by atoms with Crippen molar-refractivity contribution in [1.82, 2.24) is 0 Å². The number of non-ortho nitro benzene ring substituents is 2. The summed E-state index contributed by atoms with van der Waals surface area (Å²) in [5.41, 5.74) is 1.98. The van der Waals surface area contributed by atoms with E-state index in [1.54, 1.807) is 0 Å². The van der Waals surface area contributed by atoms with Crippen molar-refractivity contribution in [3.63, 3.8) is 0 Å². The summed E-state index contributed by atoms with van der Waals surface area (Å²) in [4.78, 5) is 22.0. The number of nitrogens with zero attached hydrogens (tertiary/aromatic N) is 2. The summed E-state index contributed by atoms with van der Waals surface area (Å²) >= 11 is 0. The fourth-order valence-electron chi connectivity index (χ4n) is 4.86. The molecule has 4 aromatic rings. The van der Waals surface area contributed by atoms with E-state index in [1.165, 1.54) is 24.3 Å². The molecule has 0 atom stereocenters. The van der Waals surface area contributed by atoms with Crippen LogP contribution in [-0.2, 0) is 5.41 Å². The van der Waals surface area contributed by atoms with Crippen LogP contribution in [0.4, 0.5) is 11.4 Å². The van der Waals surface area contributed by atoms with E-state index in [9.17, 15) is 30.4 Å². The van der Waals surface area contributed by atoms with Gasteiger partial charge in [0.2, 0.25) is 0 Å². The average molecular weight is 440 g/mol. The minimum atomic E-state index is -1.25.